The Hall–Kier alpha value is -1.82. The number of carbonyl (C=O) groups excluding carboxylic acids is 1. The monoisotopic (exact) mass is 313 g/mol. The van der Waals surface area contributed by atoms with Gasteiger partial charge in [-0.25, -0.2) is 4.39 Å². The van der Waals surface area contributed by atoms with Crippen molar-refractivity contribution in [3.63, 3.8) is 0 Å². The number of benzene rings is 1. The van der Waals surface area contributed by atoms with Crippen LogP contribution in [-0.2, 0) is 0 Å². The van der Waals surface area contributed by atoms with Gasteiger partial charge in [-0.1, -0.05) is 35.7 Å². The normalized spacial score (nSPS) is 16.2. The first-order chi connectivity index (χ1) is 10.0. The Morgan fingerprint density at radius 2 is 2.14 bits per heavy atom. The number of hydrogen-bond donors (Lipinski definition) is 2. The van der Waals surface area contributed by atoms with Gasteiger partial charge in [0.1, 0.15) is 5.82 Å². The highest BCUT2D eigenvalue weighted by atomic mass is 35.5. The molecule has 0 unspecified atom stereocenters. The first-order valence-electron chi connectivity index (χ1n) is 6.76. The summed E-state index contributed by atoms with van der Waals surface area (Å²) in [5.74, 6) is -1.11. The molecule has 1 amide bonds. The molecule has 0 aromatic heterocycles. The van der Waals surface area contributed by atoms with Crippen molar-refractivity contribution in [2.24, 2.45) is 10.9 Å². The molecule has 0 bridgehead atoms. The molecular formula is C14H17ClFN3O2. The predicted molar refractivity (Wildman–Crippen MR) is 78.1 cm³/mol. The van der Waals surface area contributed by atoms with Crippen LogP contribution in [0, 0.1) is 5.82 Å². The van der Waals surface area contributed by atoms with Gasteiger partial charge in [0.15, 0.2) is 5.84 Å². The number of oxime groups is 1. The van der Waals surface area contributed by atoms with Gasteiger partial charge in [0, 0.05) is 6.04 Å². The molecule has 2 rings (SSSR count). The van der Waals surface area contributed by atoms with Crippen LogP contribution in [0.5, 0.6) is 0 Å². The smallest absolute Gasteiger partial charge is 0.256 e. The fraction of sp³-hybridized carbons (Fsp3) is 0.429. The largest absolute Gasteiger partial charge is 0.409 e. The molecule has 0 aliphatic heterocycles. The Bertz CT molecular complexity index is 559. The first-order valence-corrected chi connectivity index (χ1v) is 7.13. The lowest BCUT2D eigenvalue weighted by Gasteiger charge is -2.28. The lowest BCUT2D eigenvalue weighted by atomic mass is 10.1. The highest BCUT2D eigenvalue weighted by Crippen LogP contribution is 2.27. The van der Waals surface area contributed by atoms with Crippen LogP contribution >= 0.6 is 11.6 Å². The summed E-state index contributed by atoms with van der Waals surface area (Å²) in [6.07, 6.45) is 3.72. The Labute approximate surface area is 127 Å². The molecule has 0 saturated heterocycles. The Morgan fingerprint density at radius 3 is 2.76 bits per heavy atom. The van der Waals surface area contributed by atoms with E-state index in [4.69, 9.17) is 22.5 Å². The third kappa shape index (κ3) is 3.44. The number of nitrogens with two attached hydrogens (primary N) is 1. The molecule has 1 aliphatic carbocycles. The topological polar surface area (TPSA) is 78.9 Å². The number of rotatable bonds is 4. The van der Waals surface area contributed by atoms with Gasteiger partial charge < -0.3 is 15.8 Å². The molecule has 1 fully saturated rings. The molecule has 21 heavy (non-hydrogen) atoms. The van der Waals surface area contributed by atoms with E-state index in [1.54, 1.807) is 0 Å². The van der Waals surface area contributed by atoms with Crippen molar-refractivity contribution in [3.8, 4) is 0 Å². The second-order valence-electron chi connectivity index (χ2n) is 5.06. The summed E-state index contributed by atoms with van der Waals surface area (Å²) in [5, 5.41) is 11.4. The molecule has 114 valence electrons. The SMILES string of the molecule is N/C(CN(C(=O)c1cccc(F)c1Cl)C1CCCC1)=N/O. The summed E-state index contributed by atoms with van der Waals surface area (Å²) < 4.78 is 13.5. The van der Waals surface area contributed by atoms with E-state index in [1.165, 1.54) is 23.1 Å². The van der Waals surface area contributed by atoms with Gasteiger partial charge in [0.25, 0.3) is 5.91 Å². The van der Waals surface area contributed by atoms with Crippen LogP contribution in [0.15, 0.2) is 23.4 Å². The zero-order valence-electron chi connectivity index (χ0n) is 11.4. The highest BCUT2D eigenvalue weighted by Gasteiger charge is 2.29. The van der Waals surface area contributed by atoms with E-state index in [2.05, 4.69) is 5.16 Å². The van der Waals surface area contributed by atoms with Crippen LogP contribution in [0.4, 0.5) is 4.39 Å². The van der Waals surface area contributed by atoms with Crippen molar-refractivity contribution in [1.29, 1.82) is 0 Å². The zero-order chi connectivity index (χ0) is 15.4. The predicted octanol–water partition coefficient (Wildman–Crippen LogP) is 2.61. The average Bonchev–Trinajstić information content (AvgIpc) is 3.00. The minimum atomic E-state index is -0.641. The maximum Gasteiger partial charge on any atom is 0.256 e. The van der Waals surface area contributed by atoms with Gasteiger partial charge in [0.05, 0.1) is 17.1 Å². The maximum atomic E-state index is 13.5. The Balaban J connectivity index is 2.30. The van der Waals surface area contributed by atoms with Crippen LogP contribution in [0.2, 0.25) is 5.02 Å². The average molecular weight is 314 g/mol. The van der Waals surface area contributed by atoms with E-state index in [9.17, 15) is 9.18 Å². The molecular weight excluding hydrogens is 297 g/mol. The molecule has 1 aliphatic rings. The minimum Gasteiger partial charge on any atom is -0.409 e. The molecule has 5 nitrogen and oxygen atoms in total. The molecule has 3 N–H and O–H groups in total. The zero-order valence-corrected chi connectivity index (χ0v) is 12.2. The van der Waals surface area contributed by atoms with E-state index >= 15 is 0 Å². The minimum absolute atomic E-state index is 0.00265. The van der Waals surface area contributed by atoms with Crippen molar-refractivity contribution in [2.45, 2.75) is 31.7 Å². The van der Waals surface area contributed by atoms with Crippen molar-refractivity contribution in [1.82, 2.24) is 4.90 Å². The van der Waals surface area contributed by atoms with Crippen molar-refractivity contribution in [2.75, 3.05) is 6.54 Å². The molecule has 1 aromatic carbocycles. The van der Waals surface area contributed by atoms with Crippen LogP contribution in [0.1, 0.15) is 36.0 Å². The lowest BCUT2D eigenvalue weighted by Crippen LogP contribution is -2.44. The van der Waals surface area contributed by atoms with Crippen molar-refractivity contribution < 1.29 is 14.4 Å². The summed E-state index contributed by atoms with van der Waals surface area (Å²) in [6.45, 7) is -0.00710. The number of amides is 1. The number of amidine groups is 1. The fourth-order valence-corrected chi connectivity index (χ4v) is 2.82. The standard InChI is InChI=1S/C14H17ClFN3O2/c15-13-10(6-3-7-11(13)16)14(20)19(8-12(17)18-21)9-4-1-2-5-9/h3,6-7,9,21H,1-2,4-5,8H2,(H2,17,18). The van der Waals surface area contributed by atoms with E-state index < -0.39 is 11.7 Å². The Kier molecular flexibility index (Phi) is 5.01. The van der Waals surface area contributed by atoms with E-state index in [1.807, 2.05) is 0 Å². The molecule has 0 atom stereocenters. The number of halogens is 2. The van der Waals surface area contributed by atoms with Gasteiger partial charge in [-0.2, -0.15) is 0 Å². The molecule has 1 saturated carbocycles. The number of carbonyl (C=O) groups is 1. The highest BCUT2D eigenvalue weighted by molar-refractivity contribution is 6.34. The van der Waals surface area contributed by atoms with Gasteiger partial charge in [-0.3, -0.25) is 4.79 Å². The molecule has 0 heterocycles. The lowest BCUT2D eigenvalue weighted by molar-refractivity contribution is 0.0712. The van der Waals surface area contributed by atoms with Gasteiger partial charge in [-0.05, 0) is 25.0 Å². The quantitative estimate of drug-likeness (QED) is 0.388. The Morgan fingerprint density at radius 1 is 1.48 bits per heavy atom. The summed E-state index contributed by atoms with van der Waals surface area (Å²) in [5.41, 5.74) is 5.62. The second-order valence-corrected chi connectivity index (χ2v) is 5.44. The summed E-state index contributed by atoms with van der Waals surface area (Å²) in [7, 11) is 0. The number of hydrogen-bond acceptors (Lipinski definition) is 3. The van der Waals surface area contributed by atoms with E-state index in [0.29, 0.717) is 0 Å². The van der Waals surface area contributed by atoms with Gasteiger partial charge in [-0.15, -0.1) is 0 Å². The second kappa shape index (κ2) is 6.76. The third-order valence-corrected chi connectivity index (χ3v) is 4.05. The van der Waals surface area contributed by atoms with Crippen LogP contribution in [0.3, 0.4) is 0 Å². The maximum absolute atomic E-state index is 13.5. The van der Waals surface area contributed by atoms with Gasteiger partial charge >= 0.3 is 0 Å². The van der Waals surface area contributed by atoms with Crippen molar-refractivity contribution in [3.05, 3.63) is 34.6 Å². The third-order valence-electron chi connectivity index (χ3n) is 3.67. The molecule has 0 radical (unpaired) electrons. The van der Waals surface area contributed by atoms with Gasteiger partial charge in [0.2, 0.25) is 0 Å². The fourth-order valence-electron chi connectivity index (χ4n) is 2.61. The van der Waals surface area contributed by atoms with Crippen LogP contribution in [0.25, 0.3) is 0 Å². The van der Waals surface area contributed by atoms with Crippen LogP contribution < -0.4 is 5.73 Å². The first kappa shape index (κ1) is 15.6. The molecule has 7 heteroatoms. The van der Waals surface area contributed by atoms with Crippen LogP contribution in [-0.4, -0.2) is 34.4 Å². The summed E-state index contributed by atoms with van der Waals surface area (Å²) in [4.78, 5) is 14.1. The van der Waals surface area contributed by atoms with E-state index in [-0.39, 0.29) is 29.0 Å². The number of nitrogens with zero attached hydrogens (tertiary/aromatic N) is 2. The molecule has 1 aromatic rings. The summed E-state index contributed by atoms with van der Waals surface area (Å²) >= 11 is 5.88. The van der Waals surface area contributed by atoms with E-state index in [0.717, 1.165) is 25.7 Å². The molecule has 0 spiro atoms. The van der Waals surface area contributed by atoms with Crippen molar-refractivity contribution >= 4 is 23.3 Å². The summed E-state index contributed by atoms with van der Waals surface area (Å²) in [6, 6.07) is 4.10.